The Balaban J connectivity index is 2.18. The van der Waals surface area contributed by atoms with E-state index in [2.05, 4.69) is 5.32 Å². The number of methoxy groups -OCH3 is 1. The summed E-state index contributed by atoms with van der Waals surface area (Å²) >= 11 is 7.51. The molecular weight excluding hydrogens is 374 g/mol. The standard InChI is InChI=1S/C19H20ClNO4S/c1-25-18(22)17(21-19(23)24)12-16(11-13-5-3-2-4-6-13)26-15-9-7-14(20)8-10-15/h2-10,16-17,21H,11-12H2,1H3,(H,23,24). The second-order valence-corrected chi connectivity index (χ2v) is 7.45. The summed E-state index contributed by atoms with van der Waals surface area (Å²) < 4.78 is 4.74. The fourth-order valence-electron chi connectivity index (χ4n) is 2.52. The van der Waals surface area contributed by atoms with Gasteiger partial charge in [0.25, 0.3) is 0 Å². The van der Waals surface area contributed by atoms with Crippen LogP contribution in [0.25, 0.3) is 0 Å². The summed E-state index contributed by atoms with van der Waals surface area (Å²) in [6, 6.07) is 16.3. The van der Waals surface area contributed by atoms with Crippen LogP contribution in [0, 0.1) is 0 Å². The van der Waals surface area contributed by atoms with Gasteiger partial charge in [-0.05, 0) is 42.7 Å². The van der Waals surface area contributed by atoms with Crippen LogP contribution in [0.5, 0.6) is 0 Å². The molecule has 2 rings (SSSR count). The zero-order valence-corrected chi connectivity index (χ0v) is 15.8. The summed E-state index contributed by atoms with van der Waals surface area (Å²) in [4.78, 5) is 24.0. The highest BCUT2D eigenvalue weighted by atomic mass is 35.5. The Kier molecular flexibility index (Phi) is 7.81. The third kappa shape index (κ3) is 6.61. The number of esters is 1. The molecule has 5 nitrogen and oxygen atoms in total. The van der Waals surface area contributed by atoms with E-state index in [0.717, 1.165) is 10.5 Å². The number of ether oxygens (including phenoxy) is 1. The Labute approximate surface area is 161 Å². The van der Waals surface area contributed by atoms with Gasteiger partial charge in [-0.2, -0.15) is 0 Å². The van der Waals surface area contributed by atoms with Crippen LogP contribution in [-0.2, 0) is 16.0 Å². The molecule has 26 heavy (non-hydrogen) atoms. The van der Waals surface area contributed by atoms with Gasteiger partial charge in [0.15, 0.2) is 0 Å². The van der Waals surface area contributed by atoms with E-state index in [1.165, 1.54) is 7.11 Å². The summed E-state index contributed by atoms with van der Waals surface area (Å²) in [6.07, 6.45) is -0.264. The molecule has 2 aromatic rings. The van der Waals surface area contributed by atoms with Crippen molar-refractivity contribution < 1.29 is 19.4 Å². The highest BCUT2D eigenvalue weighted by molar-refractivity contribution is 8.00. The molecule has 0 aliphatic heterocycles. The zero-order valence-electron chi connectivity index (χ0n) is 14.2. The largest absolute Gasteiger partial charge is 0.467 e. The number of rotatable bonds is 8. The predicted molar refractivity (Wildman–Crippen MR) is 103 cm³/mol. The maximum Gasteiger partial charge on any atom is 0.405 e. The van der Waals surface area contributed by atoms with Crippen LogP contribution in [0.1, 0.15) is 12.0 Å². The van der Waals surface area contributed by atoms with Crippen molar-refractivity contribution in [2.75, 3.05) is 7.11 Å². The molecule has 0 saturated carbocycles. The van der Waals surface area contributed by atoms with Crippen LogP contribution in [0.15, 0.2) is 59.5 Å². The van der Waals surface area contributed by atoms with Gasteiger partial charge >= 0.3 is 12.1 Å². The molecular formula is C19H20ClNO4S. The van der Waals surface area contributed by atoms with E-state index in [4.69, 9.17) is 21.4 Å². The lowest BCUT2D eigenvalue weighted by atomic mass is 10.0. The lowest BCUT2D eigenvalue weighted by Gasteiger charge is -2.22. The third-order valence-corrected chi connectivity index (χ3v) is 5.19. The summed E-state index contributed by atoms with van der Waals surface area (Å²) in [5.41, 5.74) is 1.11. The van der Waals surface area contributed by atoms with E-state index in [-0.39, 0.29) is 5.25 Å². The molecule has 0 radical (unpaired) electrons. The molecule has 2 unspecified atom stereocenters. The minimum absolute atomic E-state index is 0.0328. The Morgan fingerprint density at radius 2 is 1.81 bits per heavy atom. The first kappa shape index (κ1) is 20.1. The highest BCUT2D eigenvalue weighted by Crippen LogP contribution is 2.30. The van der Waals surface area contributed by atoms with Crippen molar-refractivity contribution in [3.05, 3.63) is 65.2 Å². The van der Waals surface area contributed by atoms with Crippen molar-refractivity contribution in [3.63, 3.8) is 0 Å². The van der Waals surface area contributed by atoms with Crippen LogP contribution >= 0.6 is 23.4 Å². The van der Waals surface area contributed by atoms with Crippen LogP contribution in [0.4, 0.5) is 4.79 Å². The zero-order chi connectivity index (χ0) is 18.9. The van der Waals surface area contributed by atoms with Gasteiger partial charge in [-0.1, -0.05) is 41.9 Å². The van der Waals surface area contributed by atoms with Gasteiger partial charge in [-0.15, -0.1) is 11.8 Å². The van der Waals surface area contributed by atoms with Gasteiger partial charge < -0.3 is 15.2 Å². The molecule has 0 bridgehead atoms. The summed E-state index contributed by atoms with van der Waals surface area (Å²) in [5, 5.41) is 11.9. The molecule has 0 aromatic heterocycles. The van der Waals surface area contributed by atoms with Crippen molar-refractivity contribution in [1.29, 1.82) is 0 Å². The summed E-state index contributed by atoms with van der Waals surface area (Å²) in [7, 11) is 1.25. The average Bonchev–Trinajstić information content (AvgIpc) is 2.63. The second kappa shape index (κ2) is 10.1. The molecule has 0 spiro atoms. The Morgan fingerprint density at radius 3 is 2.38 bits per heavy atom. The van der Waals surface area contributed by atoms with Gasteiger partial charge in [0.05, 0.1) is 7.11 Å². The highest BCUT2D eigenvalue weighted by Gasteiger charge is 2.26. The number of benzene rings is 2. The normalized spacial score (nSPS) is 12.8. The molecule has 7 heteroatoms. The number of amides is 1. The first-order valence-electron chi connectivity index (χ1n) is 8.01. The predicted octanol–water partition coefficient (Wildman–Crippen LogP) is 4.24. The van der Waals surface area contributed by atoms with Crippen LogP contribution in [0.3, 0.4) is 0 Å². The third-order valence-electron chi connectivity index (χ3n) is 3.70. The van der Waals surface area contributed by atoms with Crippen LogP contribution < -0.4 is 5.32 Å². The fourth-order valence-corrected chi connectivity index (χ4v) is 3.89. The minimum Gasteiger partial charge on any atom is -0.467 e. The van der Waals surface area contributed by atoms with E-state index in [1.807, 2.05) is 42.5 Å². The summed E-state index contributed by atoms with van der Waals surface area (Å²) in [6.45, 7) is 0. The molecule has 2 N–H and O–H groups in total. The fraction of sp³-hybridized carbons (Fsp3) is 0.263. The number of carbonyl (C=O) groups is 2. The molecule has 0 aliphatic carbocycles. The topological polar surface area (TPSA) is 75.6 Å². The maximum atomic E-state index is 12.0. The van der Waals surface area contributed by atoms with Gasteiger partial charge in [-0.25, -0.2) is 9.59 Å². The van der Waals surface area contributed by atoms with Crippen molar-refractivity contribution >= 4 is 35.4 Å². The Bertz CT molecular complexity index is 724. The molecule has 138 valence electrons. The first-order valence-corrected chi connectivity index (χ1v) is 9.27. The number of halogens is 1. The SMILES string of the molecule is COC(=O)C(CC(Cc1ccccc1)Sc1ccc(Cl)cc1)NC(=O)O. The lowest BCUT2D eigenvalue weighted by Crippen LogP contribution is -2.42. The van der Waals surface area contributed by atoms with Crippen molar-refractivity contribution in [2.45, 2.75) is 29.0 Å². The number of thioether (sulfide) groups is 1. The van der Waals surface area contributed by atoms with E-state index in [9.17, 15) is 9.59 Å². The molecule has 1 amide bonds. The number of hydrogen-bond acceptors (Lipinski definition) is 4. The van der Waals surface area contributed by atoms with E-state index >= 15 is 0 Å². The number of carboxylic acid groups (broad SMARTS) is 1. The van der Waals surface area contributed by atoms with Gasteiger partial charge in [0.2, 0.25) is 0 Å². The van der Waals surface area contributed by atoms with E-state index < -0.39 is 18.1 Å². The average molecular weight is 394 g/mol. The monoisotopic (exact) mass is 393 g/mol. The lowest BCUT2D eigenvalue weighted by molar-refractivity contribution is -0.143. The number of carbonyl (C=O) groups excluding carboxylic acids is 1. The van der Waals surface area contributed by atoms with Crippen molar-refractivity contribution in [3.8, 4) is 0 Å². The summed E-state index contributed by atoms with van der Waals surface area (Å²) in [5.74, 6) is -0.595. The van der Waals surface area contributed by atoms with E-state index in [1.54, 1.807) is 23.9 Å². The van der Waals surface area contributed by atoms with Crippen molar-refractivity contribution in [1.82, 2.24) is 5.32 Å². The quantitative estimate of drug-likeness (QED) is 0.518. The number of nitrogens with one attached hydrogen (secondary N) is 1. The second-order valence-electron chi connectivity index (χ2n) is 5.64. The maximum absolute atomic E-state index is 12.0. The molecule has 0 saturated heterocycles. The van der Waals surface area contributed by atoms with Gasteiger partial charge in [0, 0.05) is 15.2 Å². The molecule has 2 atom stereocenters. The van der Waals surface area contributed by atoms with Crippen LogP contribution in [0.2, 0.25) is 5.02 Å². The van der Waals surface area contributed by atoms with Crippen LogP contribution in [-0.4, -0.2) is 35.6 Å². The molecule has 0 aliphatic rings. The van der Waals surface area contributed by atoms with Gasteiger partial charge in [0.1, 0.15) is 6.04 Å². The molecule has 2 aromatic carbocycles. The minimum atomic E-state index is -1.25. The Hall–Kier alpha value is -2.18. The number of hydrogen-bond donors (Lipinski definition) is 2. The Morgan fingerprint density at radius 1 is 1.15 bits per heavy atom. The van der Waals surface area contributed by atoms with Gasteiger partial charge in [-0.3, -0.25) is 0 Å². The first-order chi connectivity index (χ1) is 12.5. The molecule has 0 fully saturated rings. The smallest absolute Gasteiger partial charge is 0.405 e. The van der Waals surface area contributed by atoms with Crippen molar-refractivity contribution in [2.24, 2.45) is 0 Å². The molecule has 0 heterocycles. The van der Waals surface area contributed by atoms with E-state index in [0.29, 0.717) is 17.9 Å².